The van der Waals surface area contributed by atoms with Crippen LogP contribution in [-0.4, -0.2) is 27.2 Å². The zero-order chi connectivity index (χ0) is 11.0. The summed E-state index contributed by atoms with van der Waals surface area (Å²) in [5, 5.41) is 16.3. The third kappa shape index (κ3) is 1.23. The van der Waals surface area contributed by atoms with Crippen LogP contribution in [0.3, 0.4) is 0 Å². The smallest absolute Gasteiger partial charge is 0.289 e. The van der Waals surface area contributed by atoms with Crippen molar-refractivity contribution < 1.29 is 0 Å². The van der Waals surface area contributed by atoms with E-state index in [1.54, 1.807) is 7.05 Å². The van der Waals surface area contributed by atoms with Gasteiger partial charge >= 0.3 is 0 Å². The molecule has 0 saturated heterocycles. The summed E-state index contributed by atoms with van der Waals surface area (Å²) >= 11 is 0. The lowest BCUT2D eigenvalue weighted by molar-refractivity contribution is 0.969. The lowest BCUT2D eigenvalue weighted by Crippen LogP contribution is -1.86. The Bertz CT molecular complexity index is 684. The van der Waals surface area contributed by atoms with Crippen molar-refractivity contribution in [1.29, 1.82) is 0 Å². The van der Waals surface area contributed by atoms with Crippen molar-refractivity contribution in [3.8, 4) is 0 Å². The van der Waals surface area contributed by atoms with E-state index in [1.165, 1.54) is 0 Å². The van der Waals surface area contributed by atoms with Gasteiger partial charge in [0.15, 0.2) is 5.65 Å². The van der Waals surface area contributed by atoms with E-state index in [-0.39, 0.29) is 5.95 Å². The number of nitrogens with one attached hydrogen (secondary N) is 1. The molecule has 0 aliphatic heterocycles. The Morgan fingerprint density at radius 3 is 2.94 bits per heavy atom. The molecule has 3 rings (SSSR count). The first-order chi connectivity index (χ1) is 7.88. The van der Waals surface area contributed by atoms with Crippen LogP contribution in [0.1, 0.15) is 0 Å². The second kappa shape index (κ2) is 3.34. The molecule has 0 radical (unpaired) electrons. The minimum absolute atomic E-state index is 0.265. The van der Waals surface area contributed by atoms with Crippen LogP contribution in [0.25, 0.3) is 22.1 Å². The molecule has 1 aromatic carbocycles. The monoisotopic (exact) mass is 212 g/mol. The molecule has 1 N–H and O–H groups in total. The van der Waals surface area contributed by atoms with E-state index in [1.807, 2.05) is 24.3 Å². The van der Waals surface area contributed by atoms with Crippen molar-refractivity contribution in [3.05, 3.63) is 24.3 Å². The van der Waals surface area contributed by atoms with Gasteiger partial charge < -0.3 is 4.98 Å². The Morgan fingerprint density at radius 1 is 1.19 bits per heavy atom. The zero-order valence-electron chi connectivity index (χ0n) is 8.55. The van der Waals surface area contributed by atoms with Crippen LogP contribution < -0.4 is 0 Å². The van der Waals surface area contributed by atoms with E-state index in [0.717, 1.165) is 16.4 Å². The molecule has 0 aliphatic carbocycles. The van der Waals surface area contributed by atoms with Crippen molar-refractivity contribution in [2.24, 2.45) is 10.2 Å². The maximum absolute atomic E-state index is 4.21. The molecular formula is C10H8N6. The van der Waals surface area contributed by atoms with Gasteiger partial charge in [-0.05, 0) is 6.07 Å². The highest BCUT2D eigenvalue weighted by Gasteiger charge is 2.07. The van der Waals surface area contributed by atoms with E-state index in [2.05, 4.69) is 30.4 Å². The summed E-state index contributed by atoms with van der Waals surface area (Å²) < 4.78 is 0. The first-order valence-corrected chi connectivity index (χ1v) is 4.79. The van der Waals surface area contributed by atoms with Crippen molar-refractivity contribution in [3.63, 3.8) is 0 Å². The Kier molecular flexibility index (Phi) is 1.86. The maximum atomic E-state index is 4.21. The molecule has 0 bridgehead atoms. The highest BCUT2D eigenvalue weighted by atomic mass is 15.3. The van der Waals surface area contributed by atoms with E-state index < -0.39 is 0 Å². The van der Waals surface area contributed by atoms with Crippen molar-refractivity contribution >= 4 is 28.0 Å². The molecule has 0 atom stereocenters. The van der Waals surface area contributed by atoms with Crippen LogP contribution in [-0.2, 0) is 0 Å². The first kappa shape index (κ1) is 8.90. The molecule has 0 unspecified atom stereocenters. The predicted molar refractivity (Wildman–Crippen MR) is 59.6 cm³/mol. The number of azo groups is 1. The Balaban J connectivity index is 2.36. The standard InChI is InChI=1S/C10H8N6/c1-11-15-10-13-9-8(14-16-10)6-4-2-3-5-7(6)12-9/h2-5H,1H3,(H,12,13,16). The number of aromatic amines is 1. The first-order valence-electron chi connectivity index (χ1n) is 4.79. The normalized spacial score (nSPS) is 11.8. The van der Waals surface area contributed by atoms with E-state index in [4.69, 9.17) is 0 Å². The lowest BCUT2D eigenvalue weighted by Gasteiger charge is -1.89. The third-order valence-corrected chi connectivity index (χ3v) is 2.30. The molecular weight excluding hydrogens is 204 g/mol. The highest BCUT2D eigenvalue weighted by molar-refractivity contribution is 6.03. The molecule has 3 aromatic rings. The molecule has 6 nitrogen and oxygen atoms in total. The largest absolute Gasteiger partial charge is 0.338 e. The van der Waals surface area contributed by atoms with Gasteiger partial charge in [-0.15, -0.1) is 15.3 Å². The van der Waals surface area contributed by atoms with Crippen molar-refractivity contribution in [1.82, 2.24) is 20.2 Å². The number of hydrogen-bond acceptors (Lipinski definition) is 5. The zero-order valence-corrected chi connectivity index (χ0v) is 8.55. The minimum Gasteiger partial charge on any atom is -0.338 e. The SMILES string of the molecule is CN=Nc1nnc2c(n1)[nH]c1ccccc12. The fourth-order valence-electron chi connectivity index (χ4n) is 1.64. The van der Waals surface area contributed by atoms with Crippen molar-refractivity contribution in [2.75, 3.05) is 7.05 Å². The number of fused-ring (bicyclic) bond motifs is 3. The molecule has 2 aromatic heterocycles. The van der Waals surface area contributed by atoms with Gasteiger partial charge in [0.25, 0.3) is 5.95 Å². The summed E-state index contributed by atoms with van der Waals surface area (Å²) in [7, 11) is 1.57. The van der Waals surface area contributed by atoms with Gasteiger partial charge in [0.05, 0.1) is 0 Å². The fourth-order valence-corrected chi connectivity index (χ4v) is 1.64. The number of rotatable bonds is 1. The van der Waals surface area contributed by atoms with Gasteiger partial charge in [-0.2, -0.15) is 10.1 Å². The predicted octanol–water partition coefficient (Wildman–Crippen LogP) is 2.22. The van der Waals surface area contributed by atoms with E-state index in [9.17, 15) is 0 Å². The van der Waals surface area contributed by atoms with Gasteiger partial charge in [0, 0.05) is 18.0 Å². The molecule has 2 heterocycles. The maximum Gasteiger partial charge on any atom is 0.289 e. The summed E-state index contributed by atoms with van der Waals surface area (Å²) in [6.45, 7) is 0. The fraction of sp³-hybridized carbons (Fsp3) is 0.100. The van der Waals surface area contributed by atoms with Crippen LogP contribution in [0, 0.1) is 0 Å². The number of nitrogens with zero attached hydrogens (tertiary/aromatic N) is 5. The molecule has 0 saturated carbocycles. The molecule has 0 amide bonds. The van der Waals surface area contributed by atoms with Gasteiger partial charge in [-0.1, -0.05) is 18.2 Å². The Morgan fingerprint density at radius 2 is 2.06 bits per heavy atom. The van der Waals surface area contributed by atoms with Gasteiger partial charge in [0.1, 0.15) is 5.52 Å². The van der Waals surface area contributed by atoms with Gasteiger partial charge in [0.2, 0.25) is 0 Å². The lowest BCUT2D eigenvalue weighted by atomic mass is 10.2. The van der Waals surface area contributed by atoms with Crippen LogP contribution in [0.15, 0.2) is 34.5 Å². The molecule has 0 spiro atoms. The summed E-state index contributed by atoms with van der Waals surface area (Å²) in [6.07, 6.45) is 0. The summed E-state index contributed by atoms with van der Waals surface area (Å²) in [6, 6.07) is 7.86. The van der Waals surface area contributed by atoms with Gasteiger partial charge in [-0.3, -0.25) is 0 Å². The van der Waals surface area contributed by atoms with Crippen LogP contribution in [0.2, 0.25) is 0 Å². The molecule has 6 heteroatoms. The molecule has 0 fully saturated rings. The minimum atomic E-state index is 0.265. The number of hydrogen-bond donors (Lipinski definition) is 1. The summed E-state index contributed by atoms with van der Waals surface area (Å²) in [5.74, 6) is 0.265. The second-order valence-electron chi connectivity index (χ2n) is 3.28. The average Bonchev–Trinajstić information content (AvgIpc) is 2.67. The van der Waals surface area contributed by atoms with Crippen LogP contribution >= 0.6 is 0 Å². The summed E-state index contributed by atoms with van der Waals surface area (Å²) in [5.41, 5.74) is 2.43. The highest BCUT2D eigenvalue weighted by Crippen LogP contribution is 2.22. The topological polar surface area (TPSA) is 79.2 Å². The van der Waals surface area contributed by atoms with Crippen molar-refractivity contribution in [2.45, 2.75) is 0 Å². The molecule has 78 valence electrons. The number of aromatic nitrogens is 4. The quantitative estimate of drug-likeness (QED) is 0.628. The Labute approximate surface area is 90.4 Å². The third-order valence-electron chi connectivity index (χ3n) is 2.30. The summed E-state index contributed by atoms with van der Waals surface area (Å²) in [4.78, 5) is 7.37. The van der Waals surface area contributed by atoms with E-state index >= 15 is 0 Å². The molecule has 0 aliphatic rings. The molecule has 16 heavy (non-hydrogen) atoms. The number of para-hydroxylation sites is 1. The van der Waals surface area contributed by atoms with Crippen LogP contribution in [0.5, 0.6) is 0 Å². The Hall–Kier alpha value is -2.37. The number of benzene rings is 1. The van der Waals surface area contributed by atoms with E-state index in [0.29, 0.717) is 5.65 Å². The van der Waals surface area contributed by atoms with Crippen LogP contribution in [0.4, 0.5) is 5.95 Å². The average molecular weight is 212 g/mol. The van der Waals surface area contributed by atoms with Gasteiger partial charge in [-0.25, -0.2) is 0 Å². The second-order valence-corrected chi connectivity index (χ2v) is 3.28. The number of H-pyrrole nitrogens is 1.